The summed E-state index contributed by atoms with van der Waals surface area (Å²) in [6.07, 6.45) is 33.8. The quantitative estimate of drug-likeness (QED) is 0.0222. The lowest BCUT2D eigenvalue weighted by atomic mass is 10.0. The second-order valence-electron chi connectivity index (χ2n) is 25.1. The summed E-state index contributed by atoms with van der Waals surface area (Å²) in [7, 11) is -9.89. The molecule has 0 bridgehead atoms. The van der Waals surface area contributed by atoms with Gasteiger partial charge in [0.1, 0.15) is 19.3 Å². The molecule has 0 aliphatic heterocycles. The number of aliphatic hydroxyl groups is 1. The number of carbonyl (C=O) groups is 4. The Bertz CT molecular complexity index is 1660. The van der Waals surface area contributed by atoms with E-state index in [1.807, 2.05) is 0 Å². The Kier molecular flexibility index (Phi) is 53.0. The molecule has 492 valence electrons. The molecule has 0 radical (unpaired) electrons. The Morgan fingerprint density at radius 3 is 0.747 bits per heavy atom. The van der Waals surface area contributed by atoms with E-state index in [0.717, 1.165) is 102 Å². The van der Waals surface area contributed by atoms with Crippen LogP contribution in [-0.4, -0.2) is 96.7 Å². The van der Waals surface area contributed by atoms with Crippen LogP contribution < -0.4 is 0 Å². The van der Waals surface area contributed by atoms with Crippen LogP contribution in [0.5, 0.6) is 0 Å². The number of esters is 4. The summed E-state index contributed by atoms with van der Waals surface area (Å²) in [5.74, 6) is 0.706. The van der Waals surface area contributed by atoms with Gasteiger partial charge in [0, 0.05) is 25.7 Å². The largest absolute Gasteiger partial charge is 0.472 e. The van der Waals surface area contributed by atoms with Crippen molar-refractivity contribution in [2.24, 2.45) is 23.7 Å². The first-order valence-corrected chi connectivity index (χ1v) is 36.2. The first-order valence-electron chi connectivity index (χ1n) is 33.2. The highest BCUT2D eigenvalue weighted by Gasteiger charge is 2.30. The summed E-state index contributed by atoms with van der Waals surface area (Å²) in [4.78, 5) is 72.2. The van der Waals surface area contributed by atoms with Crippen LogP contribution in [-0.2, 0) is 65.4 Å². The maximum atomic E-state index is 13.0. The lowest BCUT2D eigenvalue weighted by molar-refractivity contribution is -0.161. The average molecular weight is 1230 g/mol. The van der Waals surface area contributed by atoms with Crippen molar-refractivity contribution in [3.63, 3.8) is 0 Å². The summed E-state index contributed by atoms with van der Waals surface area (Å²) in [6, 6.07) is 0. The van der Waals surface area contributed by atoms with E-state index in [-0.39, 0.29) is 25.7 Å². The van der Waals surface area contributed by atoms with Crippen molar-refractivity contribution in [1.29, 1.82) is 0 Å². The molecule has 3 N–H and O–H groups in total. The Morgan fingerprint density at radius 1 is 0.301 bits per heavy atom. The molecule has 0 fully saturated rings. The van der Waals surface area contributed by atoms with Crippen LogP contribution >= 0.6 is 15.6 Å². The van der Waals surface area contributed by atoms with E-state index in [1.54, 1.807) is 0 Å². The molecule has 3 unspecified atom stereocenters. The molecule has 0 spiro atoms. The first-order chi connectivity index (χ1) is 39.6. The predicted octanol–water partition coefficient (Wildman–Crippen LogP) is 17.4. The van der Waals surface area contributed by atoms with Gasteiger partial charge in [-0.2, -0.15) is 0 Å². The van der Waals surface area contributed by atoms with Crippen LogP contribution in [0.25, 0.3) is 0 Å². The number of phosphoric acid groups is 2. The van der Waals surface area contributed by atoms with Crippen molar-refractivity contribution in [3.8, 4) is 0 Å². The van der Waals surface area contributed by atoms with Crippen LogP contribution in [0.15, 0.2) is 0 Å². The Balaban J connectivity index is 5.23. The molecule has 0 aliphatic rings. The van der Waals surface area contributed by atoms with E-state index in [1.165, 1.54) is 109 Å². The van der Waals surface area contributed by atoms with Crippen molar-refractivity contribution < 1.29 is 80.2 Å². The summed E-state index contributed by atoms with van der Waals surface area (Å²) in [6.45, 7) is 13.9. The minimum atomic E-state index is -4.94. The molecule has 0 aromatic rings. The van der Waals surface area contributed by atoms with Gasteiger partial charge in [0.25, 0.3) is 0 Å². The zero-order valence-corrected chi connectivity index (χ0v) is 55.6. The summed E-state index contributed by atoms with van der Waals surface area (Å²) < 4.78 is 67.9. The monoisotopic (exact) mass is 1230 g/mol. The molecular formula is C64H124O17P2. The zero-order valence-electron chi connectivity index (χ0n) is 53.8. The minimum Gasteiger partial charge on any atom is -0.462 e. The standard InChI is InChI=1S/C64H124O17P2/c1-54(2)40-32-24-16-11-9-10-12-19-28-36-44-61(66)74-51-60(81-64(69)47-39-31-23-22-27-35-43-57(7)8)53-79-83(72,73)77-49-58(65)48-76-82(70,71)78-52-59(80-63(68)46-38-30-21-15-18-26-34-42-56(5)6)50-75-62(67)45-37-29-20-14-13-17-25-33-41-55(3)4/h54-60,65H,9-53H2,1-8H3,(H,70,71)(H,72,73)/t58?,59-,60-/m1/s1. The molecular weight excluding hydrogens is 1100 g/mol. The Morgan fingerprint density at radius 2 is 0.506 bits per heavy atom. The number of aliphatic hydroxyl groups excluding tert-OH is 1. The molecule has 0 saturated carbocycles. The fourth-order valence-electron chi connectivity index (χ4n) is 9.43. The van der Waals surface area contributed by atoms with Gasteiger partial charge in [-0.25, -0.2) is 9.13 Å². The third kappa shape index (κ3) is 58.8. The van der Waals surface area contributed by atoms with E-state index >= 15 is 0 Å². The molecule has 0 saturated heterocycles. The van der Waals surface area contributed by atoms with Gasteiger partial charge in [-0.3, -0.25) is 37.3 Å². The maximum absolute atomic E-state index is 13.0. The number of carbonyl (C=O) groups excluding carboxylic acids is 4. The van der Waals surface area contributed by atoms with Crippen molar-refractivity contribution in [3.05, 3.63) is 0 Å². The van der Waals surface area contributed by atoms with Crippen LogP contribution in [0.4, 0.5) is 0 Å². The Hall–Kier alpha value is -1.94. The number of rotatable bonds is 61. The van der Waals surface area contributed by atoms with Gasteiger partial charge >= 0.3 is 39.5 Å². The van der Waals surface area contributed by atoms with E-state index in [4.69, 9.17) is 37.0 Å². The number of phosphoric ester groups is 2. The van der Waals surface area contributed by atoms with Gasteiger partial charge in [0.2, 0.25) is 0 Å². The van der Waals surface area contributed by atoms with Gasteiger partial charge in [-0.1, -0.05) is 254 Å². The summed E-state index contributed by atoms with van der Waals surface area (Å²) in [5, 5.41) is 10.5. The highest BCUT2D eigenvalue weighted by molar-refractivity contribution is 7.47. The van der Waals surface area contributed by atoms with Gasteiger partial charge < -0.3 is 33.8 Å². The number of unbranched alkanes of at least 4 members (excludes halogenated alkanes) is 27. The molecule has 0 amide bonds. The molecule has 5 atom stereocenters. The third-order valence-electron chi connectivity index (χ3n) is 14.6. The molecule has 0 rings (SSSR count). The van der Waals surface area contributed by atoms with Crippen LogP contribution in [0, 0.1) is 23.7 Å². The second-order valence-corrected chi connectivity index (χ2v) is 28.0. The molecule has 17 nitrogen and oxygen atoms in total. The lowest BCUT2D eigenvalue weighted by Crippen LogP contribution is -2.30. The molecule has 0 aliphatic carbocycles. The summed E-state index contributed by atoms with van der Waals surface area (Å²) >= 11 is 0. The topological polar surface area (TPSA) is 237 Å². The zero-order chi connectivity index (χ0) is 61.8. The van der Waals surface area contributed by atoms with Crippen molar-refractivity contribution in [2.75, 3.05) is 39.6 Å². The van der Waals surface area contributed by atoms with E-state index < -0.39 is 97.5 Å². The minimum absolute atomic E-state index is 0.101. The molecule has 0 aromatic heterocycles. The van der Waals surface area contributed by atoms with Gasteiger partial charge in [0.15, 0.2) is 12.2 Å². The fraction of sp³-hybridized carbons (Fsp3) is 0.938. The first kappa shape index (κ1) is 81.1. The smallest absolute Gasteiger partial charge is 0.462 e. The van der Waals surface area contributed by atoms with Gasteiger partial charge in [-0.15, -0.1) is 0 Å². The van der Waals surface area contributed by atoms with Gasteiger partial charge in [0.05, 0.1) is 26.4 Å². The second kappa shape index (κ2) is 54.2. The number of hydrogen-bond donors (Lipinski definition) is 3. The highest BCUT2D eigenvalue weighted by atomic mass is 31.2. The molecule has 0 aromatic carbocycles. The Labute approximate surface area is 505 Å². The SMILES string of the molecule is CC(C)CCCCCCCCCCCCC(=O)OC[C@H](COP(=O)(O)OCC(O)COP(=O)(O)OC[C@@H](COC(=O)CCCCCCCCCCC(C)C)OC(=O)CCCCCCCCCC(C)C)OC(=O)CCCCCCCCC(C)C. The lowest BCUT2D eigenvalue weighted by Gasteiger charge is -2.21. The maximum Gasteiger partial charge on any atom is 0.472 e. The summed E-state index contributed by atoms with van der Waals surface area (Å²) in [5.41, 5.74) is 0. The van der Waals surface area contributed by atoms with Crippen molar-refractivity contribution in [1.82, 2.24) is 0 Å². The predicted molar refractivity (Wildman–Crippen MR) is 331 cm³/mol. The number of ether oxygens (including phenoxy) is 4. The fourth-order valence-corrected chi connectivity index (χ4v) is 11.0. The van der Waals surface area contributed by atoms with E-state index in [0.29, 0.717) is 37.5 Å². The number of hydrogen-bond acceptors (Lipinski definition) is 15. The third-order valence-corrected chi connectivity index (χ3v) is 16.5. The van der Waals surface area contributed by atoms with Crippen molar-refractivity contribution >= 4 is 39.5 Å². The van der Waals surface area contributed by atoms with E-state index in [9.17, 15) is 43.2 Å². The molecule has 83 heavy (non-hydrogen) atoms. The van der Waals surface area contributed by atoms with Gasteiger partial charge in [-0.05, 0) is 49.4 Å². The highest BCUT2D eigenvalue weighted by Crippen LogP contribution is 2.45. The average Bonchev–Trinajstić information content (AvgIpc) is 3.42. The van der Waals surface area contributed by atoms with E-state index in [2.05, 4.69) is 55.4 Å². The van der Waals surface area contributed by atoms with Crippen LogP contribution in [0.1, 0.15) is 306 Å². The molecule has 0 heterocycles. The van der Waals surface area contributed by atoms with Crippen molar-refractivity contribution in [2.45, 2.75) is 324 Å². The normalized spacial score (nSPS) is 14.4. The van der Waals surface area contributed by atoms with Crippen LogP contribution in [0.3, 0.4) is 0 Å². The van der Waals surface area contributed by atoms with Crippen LogP contribution in [0.2, 0.25) is 0 Å². The molecule has 19 heteroatoms.